The van der Waals surface area contributed by atoms with Crippen LogP contribution < -0.4 is 0 Å². The maximum Gasteiger partial charge on any atom is 0.410 e. The predicted molar refractivity (Wildman–Crippen MR) is 59.7 cm³/mol. The Labute approximate surface area is 99.8 Å². The number of hydrogen-bond acceptors (Lipinski definition) is 4. The standard InChI is InChI=1S/C11H17NO5/c1-3-4-17-11(15)12-6-8(10(13)14)5-9(7-12)16-2/h3,8-9H,1,4-7H2,2H3,(H,13,14)/t8-,9+/m0/s1. The van der Waals surface area contributed by atoms with Crippen molar-refractivity contribution in [1.82, 2.24) is 4.90 Å². The number of carboxylic acids is 1. The second-order valence-electron chi connectivity index (χ2n) is 3.90. The summed E-state index contributed by atoms with van der Waals surface area (Å²) in [5.41, 5.74) is 0. The minimum Gasteiger partial charge on any atom is -0.481 e. The number of carbonyl (C=O) groups excluding carboxylic acids is 1. The zero-order valence-electron chi connectivity index (χ0n) is 9.80. The summed E-state index contributed by atoms with van der Waals surface area (Å²) in [5.74, 6) is -1.53. The Morgan fingerprint density at radius 1 is 1.53 bits per heavy atom. The summed E-state index contributed by atoms with van der Waals surface area (Å²) in [5, 5.41) is 8.98. The lowest BCUT2D eigenvalue weighted by atomic mass is 9.96. The van der Waals surface area contributed by atoms with Gasteiger partial charge in [0.1, 0.15) is 6.61 Å². The van der Waals surface area contributed by atoms with Crippen LogP contribution in [0, 0.1) is 5.92 Å². The molecule has 2 atom stereocenters. The van der Waals surface area contributed by atoms with E-state index < -0.39 is 18.0 Å². The molecule has 0 aromatic heterocycles. The summed E-state index contributed by atoms with van der Waals surface area (Å²) in [4.78, 5) is 23.9. The van der Waals surface area contributed by atoms with Crippen molar-refractivity contribution in [2.45, 2.75) is 12.5 Å². The number of carboxylic acid groups (broad SMARTS) is 1. The van der Waals surface area contributed by atoms with Crippen molar-refractivity contribution in [3.8, 4) is 0 Å². The quantitative estimate of drug-likeness (QED) is 0.737. The van der Waals surface area contributed by atoms with Crippen molar-refractivity contribution >= 4 is 12.1 Å². The molecule has 1 fully saturated rings. The molecule has 96 valence electrons. The van der Waals surface area contributed by atoms with Gasteiger partial charge in [-0.15, -0.1) is 0 Å². The fourth-order valence-electron chi connectivity index (χ4n) is 1.77. The van der Waals surface area contributed by atoms with Crippen molar-refractivity contribution < 1.29 is 24.2 Å². The summed E-state index contributed by atoms with van der Waals surface area (Å²) < 4.78 is 10.00. The summed E-state index contributed by atoms with van der Waals surface area (Å²) in [6, 6.07) is 0. The van der Waals surface area contributed by atoms with Crippen LogP contribution in [0.5, 0.6) is 0 Å². The highest BCUT2D eigenvalue weighted by atomic mass is 16.6. The van der Waals surface area contributed by atoms with Crippen LogP contribution in [0.3, 0.4) is 0 Å². The van der Waals surface area contributed by atoms with Crippen molar-refractivity contribution in [1.29, 1.82) is 0 Å². The van der Waals surface area contributed by atoms with Gasteiger partial charge in [-0.2, -0.15) is 0 Å². The lowest BCUT2D eigenvalue weighted by molar-refractivity contribution is -0.145. The lowest BCUT2D eigenvalue weighted by Gasteiger charge is -2.34. The number of likely N-dealkylation sites (tertiary alicyclic amines) is 1. The second-order valence-corrected chi connectivity index (χ2v) is 3.90. The Morgan fingerprint density at radius 3 is 2.76 bits per heavy atom. The van der Waals surface area contributed by atoms with Crippen molar-refractivity contribution in [3.63, 3.8) is 0 Å². The third kappa shape index (κ3) is 3.74. The van der Waals surface area contributed by atoms with E-state index in [-0.39, 0.29) is 19.3 Å². The van der Waals surface area contributed by atoms with Crippen LogP contribution in [-0.4, -0.2) is 55.0 Å². The maximum atomic E-state index is 11.6. The largest absolute Gasteiger partial charge is 0.481 e. The molecule has 1 amide bonds. The molecular formula is C11H17NO5. The van der Waals surface area contributed by atoms with Crippen LogP contribution in [0.25, 0.3) is 0 Å². The number of amides is 1. The molecule has 1 aliphatic rings. The van der Waals surface area contributed by atoms with Gasteiger partial charge in [0.15, 0.2) is 0 Å². The highest BCUT2D eigenvalue weighted by Gasteiger charge is 2.34. The van der Waals surface area contributed by atoms with Gasteiger partial charge in [0, 0.05) is 13.7 Å². The molecule has 0 bridgehead atoms. The van der Waals surface area contributed by atoms with Crippen molar-refractivity contribution in [3.05, 3.63) is 12.7 Å². The summed E-state index contributed by atoms with van der Waals surface area (Å²) in [6.45, 7) is 4.07. The molecule has 0 saturated carbocycles. The third-order valence-electron chi connectivity index (χ3n) is 2.68. The van der Waals surface area contributed by atoms with Gasteiger partial charge in [-0.25, -0.2) is 4.79 Å². The smallest absolute Gasteiger partial charge is 0.410 e. The highest BCUT2D eigenvalue weighted by Crippen LogP contribution is 2.19. The van der Waals surface area contributed by atoms with Gasteiger partial charge in [-0.05, 0) is 6.42 Å². The normalized spacial score (nSPS) is 24.2. The van der Waals surface area contributed by atoms with Crippen molar-refractivity contribution in [2.75, 3.05) is 26.8 Å². The van der Waals surface area contributed by atoms with Crippen LogP contribution in [-0.2, 0) is 14.3 Å². The minimum absolute atomic E-state index is 0.116. The molecule has 0 radical (unpaired) electrons. The molecule has 1 saturated heterocycles. The number of hydrogen-bond donors (Lipinski definition) is 1. The zero-order valence-corrected chi connectivity index (χ0v) is 9.80. The number of piperidine rings is 1. The lowest BCUT2D eigenvalue weighted by Crippen LogP contribution is -2.49. The van der Waals surface area contributed by atoms with E-state index in [1.165, 1.54) is 18.1 Å². The molecule has 0 unspecified atom stereocenters. The van der Waals surface area contributed by atoms with E-state index in [4.69, 9.17) is 14.6 Å². The number of ether oxygens (including phenoxy) is 2. The van der Waals surface area contributed by atoms with Gasteiger partial charge < -0.3 is 19.5 Å². The fraction of sp³-hybridized carbons (Fsp3) is 0.636. The summed E-state index contributed by atoms with van der Waals surface area (Å²) >= 11 is 0. The molecule has 1 rings (SSSR count). The minimum atomic E-state index is -0.923. The first-order chi connectivity index (χ1) is 8.08. The van der Waals surface area contributed by atoms with Gasteiger partial charge in [-0.1, -0.05) is 12.7 Å². The number of carbonyl (C=O) groups is 2. The number of methoxy groups -OCH3 is 1. The molecule has 0 aromatic rings. The van der Waals surface area contributed by atoms with E-state index in [9.17, 15) is 9.59 Å². The Balaban J connectivity index is 2.61. The van der Waals surface area contributed by atoms with Crippen molar-refractivity contribution in [2.24, 2.45) is 5.92 Å². The van der Waals surface area contributed by atoms with Crippen LogP contribution in [0.1, 0.15) is 6.42 Å². The van der Waals surface area contributed by atoms with E-state index in [2.05, 4.69) is 6.58 Å². The van der Waals surface area contributed by atoms with E-state index in [0.29, 0.717) is 13.0 Å². The number of aliphatic carboxylic acids is 1. The highest BCUT2D eigenvalue weighted by molar-refractivity contribution is 5.73. The number of rotatable bonds is 4. The average Bonchev–Trinajstić information content (AvgIpc) is 2.35. The zero-order chi connectivity index (χ0) is 12.8. The van der Waals surface area contributed by atoms with E-state index >= 15 is 0 Å². The third-order valence-corrected chi connectivity index (χ3v) is 2.68. The van der Waals surface area contributed by atoms with Crippen LogP contribution in [0.4, 0.5) is 4.79 Å². The Bertz CT molecular complexity index is 304. The van der Waals surface area contributed by atoms with Gasteiger partial charge in [0.05, 0.1) is 18.6 Å². The van der Waals surface area contributed by atoms with Crippen LogP contribution in [0.2, 0.25) is 0 Å². The predicted octanol–water partition coefficient (Wildman–Crippen LogP) is 0.731. The summed E-state index contributed by atoms with van der Waals surface area (Å²) in [6.07, 6.45) is 1.08. The second kappa shape index (κ2) is 6.24. The Kier molecular flexibility index (Phi) is 4.96. The molecule has 6 nitrogen and oxygen atoms in total. The van der Waals surface area contributed by atoms with E-state index in [0.717, 1.165) is 0 Å². The fourth-order valence-corrected chi connectivity index (χ4v) is 1.77. The molecule has 0 spiro atoms. The van der Waals surface area contributed by atoms with Crippen LogP contribution in [0.15, 0.2) is 12.7 Å². The average molecular weight is 243 g/mol. The number of nitrogens with zero attached hydrogens (tertiary/aromatic N) is 1. The van der Waals surface area contributed by atoms with Gasteiger partial charge in [-0.3, -0.25) is 4.79 Å². The molecular weight excluding hydrogens is 226 g/mol. The van der Waals surface area contributed by atoms with Gasteiger partial charge in [0.2, 0.25) is 0 Å². The summed E-state index contributed by atoms with van der Waals surface area (Å²) in [7, 11) is 1.50. The monoisotopic (exact) mass is 243 g/mol. The van der Waals surface area contributed by atoms with Gasteiger partial charge in [0.25, 0.3) is 0 Å². The molecule has 1 aliphatic heterocycles. The first kappa shape index (κ1) is 13.5. The van der Waals surface area contributed by atoms with Crippen LogP contribution >= 0.6 is 0 Å². The van der Waals surface area contributed by atoms with E-state index in [1.807, 2.05) is 0 Å². The Hall–Kier alpha value is -1.56. The maximum absolute atomic E-state index is 11.6. The molecule has 6 heteroatoms. The molecule has 0 aliphatic carbocycles. The Morgan fingerprint density at radius 2 is 2.24 bits per heavy atom. The molecule has 17 heavy (non-hydrogen) atoms. The molecule has 1 N–H and O–H groups in total. The first-order valence-corrected chi connectivity index (χ1v) is 5.36. The molecule has 0 aromatic carbocycles. The topological polar surface area (TPSA) is 76.1 Å². The van der Waals surface area contributed by atoms with E-state index in [1.54, 1.807) is 0 Å². The molecule has 1 heterocycles. The SMILES string of the molecule is C=CCOC(=O)N1C[C@H](OC)C[C@H](C(=O)O)C1. The van der Waals surface area contributed by atoms with Gasteiger partial charge >= 0.3 is 12.1 Å². The first-order valence-electron chi connectivity index (χ1n) is 5.36.